The first kappa shape index (κ1) is 10.6. The molecule has 0 atom stereocenters. The van der Waals surface area contributed by atoms with Crippen LogP contribution in [0.25, 0.3) is 10.4 Å². The van der Waals surface area contributed by atoms with Crippen molar-refractivity contribution < 1.29 is 0 Å². The summed E-state index contributed by atoms with van der Waals surface area (Å²) >= 11 is 0. The number of azide groups is 1. The van der Waals surface area contributed by atoms with Gasteiger partial charge in [0.15, 0.2) is 0 Å². The first-order chi connectivity index (χ1) is 6.93. The van der Waals surface area contributed by atoms with Gasteiger partial charge >= 0.3 is 0 Å². The van der Waals surface area contributed by atoms with Gasteiger partial charge in [-0.05, 0) is 24.1 Å². The Kier molecular flexibility index (Phi) is 5.25. The lowest BCUT2D eigenvalue weighted by Crippen LogP contribution is -2.20. The van der Waals surface area contributed by atoms with Crippen molar-refractivity contribution in [1.29, 1.82) is 0 Å². The quantitative estimate of drug-likeness (QED) is 0.317. The van der Waals surface area contributed by atoms with Crippen LogP contribution in [-0.4, -0.2) is 19.6 Å². The van der Waals surface area contributed by atoms with Crippen LogP contribution in [0.15, 0.2) is 35.4 Å². The molecule has 74 valence electrons. The molecular weight excluding hydrogens is 176 g/mol. The van der Waals surface area contributed by atoms with E-state index in [0.29, 0.717) is 6.54 Å². The molecule has 0 aliphatic rings. The van der Waals surface area contributed by atoms with Gasteiger partial charge in [-0.1, -0.05) is 35.4 Å². The van der Waals surface area contributed by atoms with Crippen LogP contribution in [-0.2, 0) is 6.42 Å². The highest BCUT2D eigenvalue weighted by atomic mass is 15.1. The molecule has 0 radical (unpaired) electrons. The van der Waals surface area contributed by atoms with E-state index in [9.17, 15) is 0 Å². The first-order valence-electron chi connectivity index (χ1n) is 4.69. The zero-order valence-corrected chi connectivity index (χ0v) is 8.06. The number of hydrogen-bond donors (Lipinski definition) is 1. The molecular formula is C10H14N4. The van der Waals surface area contributed by atoms with Gasteiger partial charge < -0.3 is 5.32 Å². The molecule has 0 unspecified atom stereocenters. The van der Waals surface area contributed by atoms with Crippen LogP contribution in [0, 0.1) is 0 Å². The number of nitrogens with zero attached hydrogens (tertiary/aromatic N) is 3. The second-order valence-electron chi connectivity index (χ2n) is 2.94. The first-order valence-corrected chi connectivity index (χ1v) is 4.69. The minimum Gasteiger partial charge on any atom is -0.316 e. The van der Waals surface area contributed by atoms with Crippen molar-refractivity contribution in [3.63, 3.8) is 0 Å². The summed E-state index contributed by atoms with van der Waals surface area (Å²) < 4.78 is 0. The Morgan fingerprint density at radius 3 is 2.71 bits per heavy atom. The summed E-state index contributed by atoms with van der Waals surface area (Å²) in [6.07, 6.45) is 1.01. The van der Waals surface area contributed by atoms with Gasteiger partial charge in [-0.15, -0.1) is 0 Å². The van der Waals surface area contributed by atoms with Crippen LogP contribution in [0.2, 0.25) is 0 Å². The predicted octanol–water partition coefficient (Wildman–Crippen LogP) is 2.13. The van der Waals surface area contributed by atoms with E-state index < -0.39 is 0 Å². The number of nitrogens with one attached hydrogen (secondary N) is 1. The number of benzene rings is 1. The van der Waals surface area contributed by atoms with Crippen molar-refractivity contribution in [1.82, 2.24) is 5.32 Å². The Morgan fingerprint density at radius 1 is 1.21 bits per heavy atom. The second kappa shape index (κ2) is 6.95. The molecule has 0 fully saturated rings. The van der Waals surface area contributed by atoms with Crippen molar-refractivity contribution in [3.8, 4) is 0 Å². The van der Waals surface area contributed by atoms with E-state index in [2.05, 4.69) is 27.5 Å². The van der Waals surface area contributed by atoms with Gasteiger partial charge in [0.05, 0.1) is 0 Å². The molecule has 14 heavy (non-hydrogen) atoms. The number of rotatable bonds is 6. The third kappa shape index (κ3) is 4.50. The molecule has 1 aromatic carbocycles. The highest BCUT2D eigenvalue weighted by Gasteiger charge is 1.90. The van der Waals surface area contributed by atoms with E-state index in [-0.39, 0.29) is 0 Å². The zero-order valence-electron chi connectivity index (χ0n) is 8.06. The van der Waals surface area contributed by atoms with Gasteiger partial charge in [-0.3, -0.25) is 0 Å². The molecule has 4 heteroatoms. The summed E-state index contributed by atoms with van der Waals surface area (Å²) in [7, 11) is 0. The molecule has 0 saturated heterocycles. The molecule has 0 bridgehead atoms. The van der Waals surface area contributed by atoms with Gasteiger partial charge in [-0.2, -0.15) is 0 Å². The molecule has 1 N–H and O–H groups in total. The van der Waals surface area contributed by atoms with Gasteiger partial charge in [0.2, 0.25) is 0 Å². The summed E-state index contributed by atoms with van der Waals surface area (Å²) in [4.78, 5) is 2.68. The van der Waals surface area contributed by atoms with E-state index in [1.807, 2.05) is 18.2 Å². The smallest absolute Gasteiger partial charge is 0.0383 e. The van der Waals surface area contributed by atoms with Gasteiger partial charge in [0, 0.05) is 18.0 Å². The van der Waals surface area contributed by atoms with Crippen LogP contribution in [0.4, 0.5) is 0 Å². The molecule has 0 aromatic heterocycles. The molecule has 1 rings (SSSR count). The molecule has 0 saturated carbocycles. The zero-order chi connectivity index (χ0) is 10.1. The topological polar surface area (TPSA) is 60.8 Å². The maximum Gasteiger partial charge on any atom is 0.0383 e. The van der Waals surface area contributed by atoms with Crippen LogP contribution in [0.5, 0.6) is 0 Å². The fourth-order valence-electron chi connectivity index (χ4n) is 1.18. The predicted molar refractivity (Wildman–Crippen MR) is 57.0 cm³/mol. The van der Waals surface area contributed by atoms with E-state index in [4.69, 9.17) is 5.53 Å². The third-order valence-corrected chi connectivity index (χ3v) is 1.89. The molecule has 4 nitrogen and oxygen atoms in total. The Labute approximate surface area is 83.6 Å². The van der Waals surface area contributed by atoms with Crippen molar-refractivity contribution in [2.24, 2.45) is 5.11 Å². The van der Waals surface area contributed by atoms with Gasteiger partial charge in [0.25, 0.3) is 0 Å². The third-order valence-electron chi connectivity index (χ3n) is 1.89. The maximum absolute atomic E-state index is 8.03. The Balaban J connectivity index is 2.07. The standard InChI is InChI=1S/C10H14N4/c11-14-13-9-8-12-7-6-10-4-2-1-3-5-10/h1-5,12H,6-9H2. The van der Waals surface area contributed by atoms with E-state index in [1.54, 1.807) is 0 Å². The van der Waals surface area contributed by atoms with Gasteiger partial charge in [0.1, 0.15) is 0 Å². The average Bonchev–Trinajstić information content (AvgIpc) is 2.25. The molecule has 0 heterocycles. The normalized spacial score (nSPS) is 9.43. The largest absolute Gasteiger partial charge is 0.316 e. The highest BCUT2D eigenvalue weighted by molar-refractivity contribution is 5.14. The SMILES string of the molecule is [N-]=[N+]=NCCNCCc1ccccc1. The Hall–Kier alpha value is -1.51. The van der Waals surface area contributed by atoms with Gasteiger partial charge in [-0.25, -0.2) is 0 Å². The molecule has 0 amide bonds. The minimum absolute atomic E-state index is 0.519. The summed E-state index contributed by atoms with van der Waals surface area (Å²) in [6.45, 7) is 2.19. The highest BCUT2D eigenvalue weighted by Crippen LogP contribution is 1.97. The summed E-state index contributed by atoms with van der Waals surface area (Å²) in [5.41, 5.74) is 9.35. The van der Waals surface area contributed by atoms with Crippen LogP contribution >= 0.6 is 0 Å². The average molecular weight is 190 g/mol. The van der Waals surface area contributed by atoms with Crippen LogP contribution < -0.4 is 5.32 Å². The lowest BCUT2D eigenvalue weighted by molar-refractivity contribution is 0.687. The Morgan fingerprint density at radius 2 is 2.00 bits per heavy atom. The molecule has 1 aromatic rings. The molecule has 0 aliphatic carbocycles. The molecule has 0 aliphatic heterocycles. The van der Waals surface area contributed by atoms with Crippen molar-refractivity contribution >= 4 is 0 Å². The van der Waals surface area contributed by atoms with E-state index >= 15 is 0 Å². The van der Waals surface area contributed by atoms with E-state index in [1.165, 1.54) is 5.56 Å². The maximum atomic E-state index is 8.03. The summed E-state index contributed by atoms with van der Waals surface area (Å²) in [5.74, 6) is 0. The summed E-state index contributed by atoms with van der Waals surface area (Å²) in [5, 5.41) is 6.64. The molecule has 0 spiro atoms. The fraction of sp³-hybridized carbons (Fsp3) is 0.400. The summed E-state index contributed by atoms with van der Waals surface area (Å²) in [6, 6.07) is 10.3. The minimum atomic E-state index is 0.519. The van der Waals surface area contributed by atoms with E-state index in [0.717, 1.165) is 19.5 Å². The van der Waals surface area contributed by atoms with Crippen molar-refractivity contribution in [3.05, 3.63) is 46.3 Å². The fourth-order valence-corrected chi connectivity index (χ4v) is 1.18. The van der Waals surface area contributed by atoms with Crippen LogP contribution in [0.1, 0.15) is 5.56 Å². The van der Waals surface area contributed by atoms with Crippen molar-refractivity contribution in [2.75, 3.05) is 19.6 Å². The lowest BCUT2D eigenvalue weighted by Gasteiger charge is -2.02. The second-order valence-corrected chi connectivity index (χ2v) is 2.94. The lowest BCUT2D eigenvalue weighted by atomic mass is 10.1. The Bertz CT molecular complexity index is 290. The van der Waals surface area contributed by atoms with Crippen LogP contribution in [0.3, 0.4) is 0 Å². The number of hydrogen-bond acceptors (Lipinski definition) is 2. The van der Waals surface area contributed by atoms with Crippen molar-refractivity contribution in [2.45, 2.75) is 6.42 Å². The monoisotopic (exact) mass is 190 g/mol.